The van der Waals surface area contributed by atoms with E-state index in [1.54, 1.807) is 6.33 Å². The van der Waals surface area contributed by atoms with E-state index in [9.17, 15) is 0 Å². The van der Waals surface area contributed by atoms with Crippen LogP contribution in [0.4, 0.5) is 0 Å². The van der Waals surface area contributed by atoms with Crippen LogP contribution >= 0.6 is 0 Å². The van der Waals surface area contributed by atoms with Crippen molar-refractivity contribution in [3.8, 4) is 0 Å². The van der Waals surface area contributed by atoms with Crippen LogP contribution in [-0.2, 0) is 13.0 Å². The Kier molecular flexibility index (Phi) is 6.19. The van der Waals surface area contributed by atoms with Crippen LogP contribution in [0, 0.1) is 11.8 Å². The molecule has 0 saturated heterocycles. The van der Waals surface area contributed by atoms with E-state index in [0.717, 1.165) is 31.9 Å². The van der Waals surface area contributed by atoms with Crippen molar-refractivity contribution in [3.63, 3.8) is 0 Å². The van der Waals surface area contributed by atoms with Gasteiger partial charge >= 0.3 is 0 Å². The minimum atomic E-state index is 0.656. The molecule has 1 atom stereocenters. The fourth-order valence-electron chi connectivity index (χ4n) is 1.91. The van der Waals surface area contributed by atoms with Gasteiger partial charge in [0.05, 0.1) is 0 Å². The van der Waals surface area contributed by atoms with Crippen LogP contribution in [0.15, 0.2) is 6.33 Å². The zero-order valence-electron chi connectivity index (χ0n) is 11.6. The minimum Gasteiger partial charge on any atom is -0.316 e. The predicted octanol–water partition coefficient (Wildman–Crippen LogP) is 2.11. The molecule has 0 fully saturated rings. The Labute approximate surface area is 105 Å². The molecular weight excluding hydrogens is 212 g/mol. The second-order valence-corrected chi connectivity index (χ2v) is 5.02. The highest BCUT2D eigenvalue weighted by Gasteiger charge is 2.11. The zero-order chi connectivity index (χ0) is 12.7. The number of hydrogen-bond donors (Lipinski definition) is 1. The SMILES string of the molecule is CCC(CNCC(C)C)Cc1ncnn1CC. The van der Waals surface area contributed by atoms with Crippen molar-refractivity contribution < 1.29 is 0 Å². The van der Waals surface area contributed by atoms with Gasteiger partial charge in [0, 0.05) is 13.0 Å². The molecule has 0 aromatic carbocycles. The van der Waals surface area contributed by atoms with Crippen molar-refractivity contribution in [1.82, 2.24) is 20.1 Å². The first-order chi connectivity index (χ1) is 8.17. The van der Waals surface area contributed by atoms with Gasteiger partial charge in [0.1, 0.15) is 12.2 Å². The molecule has 0 aliphatic heterocycles. The summed E-state index contributed by atoms with van der Waals surface area (Å²) in [6, 6.07) is 0. The van der Waals surface area contributed by atoms with E-state index >= 15 is 0 Å². The van der Waals surface area contributed by atoms with Crippen LogP contribution in [-0.4, -0.2) is 27.9 Å². The molecule has 0 spiro atoms. The van der Waals surface area contributed by atoms with E-state index in [1.165, 1.54) is 6.42 Å². The van der Waals surface area contributed by atoms with E-state index < -0.39 is 0 Å². The maximum absolute atomic E-state index is 4.34. The largest absolute Gasteiger partial charge is 0.316 e. The third-order valence-electron chi connectivity index (χ3n) is 3.03. The summed E-state index contributed by atoms with van der Waals surface area (Å²) in [7, 11) is 0. The summed E-state index contributed by atoms with van der Waals surface area (Å²) in [5.74, 6) is 2.49. The summed E-state index contributed by atoms with van der Waals surface area (Å²) in [4.78, 5) is 4.34. The Balaban J connectivity index is 2.41. The van der Waals surface area contributed by atoms with Gasteiger partial charge in [-0.2, -0.15) is 5.10 Å². The smallest absolute Gasteiger partial charge is 0.138 e. The highest BCUT2D eigenvalue weighted by atomic mass is 15.3. The molecular formula is C13H26N4. The van der Waals surface area contributed by atoms with E-state index in [0.29, 0.717) is 11.8 Å². The van der Waals surface area contributed by atoms with Crippen molar-refractivity contribution >= 4 is 0 Å². The Morgan fingerprint density at radius 3 is 2.65 bits per heavy atom. The van der Waals surface area contributed by atoms with Gasteiger partial charge < -0.3 is 5.32 Å². The molecule has 0 amide bonds. The van der Waals surface area contributed by atoms with Crippen molar-refractivity contribution in [3.05, 3.63) is 12.2 Å². The lowest BCUT2D eigenvalue weighted by atomic mass is 10.0. The molecule has 4 nitrogen and oxygen atoms in total. The summed E-state index contributed by atoms with van der Waals surface area (Å²) in [6.07, 6.45) is 3.87. The third-order valence-corrected chi connectivity index (χ3v) is 3.03. The fraction of sp³-hybridized carbons (Fsp3) is 0.846. The molecule has 0 aliphatic carbocycles. The van der Waals surface area contributed by atoms with Crippen molar-refractivity contribution in [2.45, 2.75) is 47.1 Å². The summed E-state index contributed by atoms with van der Waals surface area (Å²) >= 11 is 0. The third kappa shape index (κ3) is 4.86. The maximum atomic E-state index is 4.34. The molecule has 0 saturated carbocycles. The zero-order valence-corrected chi connectivity index (χ0v) is 11.6. The Hall–Kier alpha value is -0.900. The highest BCUT2D eigenvalue weighted by Crippen LogP contribution is 2.09. The number of aromatic nitrogens is 3. The van der Waals surface area contributed by atoms with Crippen LogP contribution in [0.5, 0.6) is 0 Å². The number of aryl methyl sites for hydroxylation is 1. The lowest BCUT2D eigenvalue weighted by Gasteiger charge is -2.16. The molecule has 1 aromatic heterocycles. The van der Waals surface area contributed by atoms with Crippen molar-refractivity contribution in [2.24, 2.45) is 11.8 Å². The first kappa shape index (κ1) is 14.2. The molecule has 0 aliphatic rings. The summed E-state index contributed by atoms with van der Waals surface area (Å²) in [6.45, 7) is 11.9. The topological polar surface area (TPSA) is 42.7 Å². The second kappa shape index (κ2) is 7.43. The van der Waals surface area contributed by atoms with Crippen LogP contribution in [0.25, 0.3) is 0 Å². The van der Waals surface area contributed by atoms with E-state index in [2.05, 4.69) is 43.1 Å². The first-order valence-corrected chi connectivity index (χ1v) is 6.74. The molecule has 1 heterocycles. The van der Waals surface area contributed by atoms with Gasteiger partial charge in [-0.3, -0.25) is 4.68 Å². The first-order valence-electron chi connectivity index (χ1n) is 6.74. The molecule has 1 N–H and O–H groups in total. The Morgan fingerprint density at radius 2 is 2.06 bits per heavy atom. The van der Waals surface area contributed by atoms with Crippen LogP contribution in [0.3, 0.4) is 0 Å². The lowest BCUT2D eigenvalue weighted by Crippen LogP contribution is -2.28. The average Bonchev–Trinajstić information content (AvgIpc) is 2.74. The number of nitrogens with zero attached hydrogens (tertiary/aromatic N) is 3. The molecule has 17 heavy (non-hydrogen) atoms. The average molecular weight is 238 g/mol. The molecule has 1 aromatic rings. The van der Waals surface area contributed by atoms with Gasteiger partial charge in [-0.05, 0) is 31.8 Å². The molecule has 0 bridgehead atoms. The molecule has 1 unspecified atom stereocenters. The molecule has 98 valence electrons. The standard InChI is InChI=1S/C13H26N4/c1-5-12(9-14-8-11(3)4)7-13-15-10-16-17(13)6-2/h10-12,14H,5-9H2,1-4H3. The molecule has 4 heteroatoms. The Morgan fingerprint density at radius 1 is 1.29 bits per heavy atom. The van der Waals surface area contributed by atoms with E-state index in [-0.39, 0.29) is 0 Å². The summed E-state index contributed by atoms with van der Waals surface area (Å²) < 4.78 is 1.99. The monoisotopic (exact) mass is 238 g/mol. The van der Waals surface area contributed by atoms with Crippen molar-refractivity contribution in [1.29, 1.82) is 0 Å². The highest BCUT2D eigenvalue weighted by molar-refractivity contribution is 4.87. The van der Waals surface area contributed by atoms with Gasteiger partial charge in [-0.25, -0.2) is 4.98 Å². The van der Waals surface area contributed by atoms with Gasteiger partial charge in [0.2, 0.25) is 0 Å². The maximum Gasteiger partial charge on any atom is 0.138 e. The predicted molar refractivity (Wildman–Crippen MR) is 70.9 cm³/mol. The Bertz CT molecular complexity index is 306. The van der Waals surface area contributed by atoms with Crippen LogP contribution in [0.2, 0.25) is 0 Å². The fourth-order valence-corrected chi connectivity index (χ4v) is 1.91. The lowest BCUT2D eigenvalue weighted by molar-refractivity contribution is 0.421. The number of rotatable bonds is 8. The van der Waals surface area contributed by atoms with Crippen LogP contribution < -0.4 is 5.32 Å². The summed E-state index contributed by atoms with van der Waals surface area (Å²) in [5, 5.41) is 7.74. The van der Waals surface area contributed by atoms with Gasteiger partial charge in [-0.1, -0.05) is 27.2 Å². The number of nitrogens with one attached hydrogen (secondary N) is 1. The summed E-state index contributed by atoms with van der Waals surface area (Å²) in [5.41, 5.74) is 0. The second-order valence-electron chi connectivity index (χ2n) is 5.02. The van der Waals surface area contributed by atoms with Gasteiger partial charge in [-0.15, -0.1) is 0 Å². The van der Waals surface area contributed by atoms with Gasteiger partial charge in [0.25, 0.3) is 0 Å². The van der Waals surface area contributed by atoms with Crippen LogP contribution in [0.1, 0.15) is 39.9 Å². The molecule has 0 radical (unpaired) electrons. The van der Waals surface area contributed by atoms with E-state index in [4.69, 9.17) is 0 Å². The quantitative estimate of drug-likeness (QED) is 0.754. The molecule has 1 rings (SSSR count). The van der Waals surface area contributed by atoms with E-state index in [1.807, 2.05) is 4.68 Å². The normalized spacial score (nSPS) is 13.2. The van der Waals surface area contributed by atoms with Crippen molar-refractivity contribution in [2.75, 3.05) is 13.1 Å². The minimum absolute atomic E-state index is 0.656. The number of hydrogen-bond acceptors (Lipinski definition) is 3. The van der Waals surface area contributed by atoms with Gasteiger partial charge in [0.15, 0.2) is 0 Å².